The first-order valence-electron chi connectivity index (χ1n) is 9.29. The van der Waals surface area contributed by atoms with Crippen LogP contribution in [0, 0.1) is 43.4 Å². The molecule has 0 aromatic carbocycles. The number of carbonyl (C=O) groups is 1. The molecule has 0 radical (unpaired) electrons. The molecule has 0 atom stereocenters. The Morgan fingerprint density at radius 2 is 1.74 bits per heavy atom. The van der Waals surface area contributed by atoms with Crippen LogP contribution in [-0.2, 0) is 18.3 Å². The summed E-state index contributed by atoms with van der Waals surface area (Å²) in [5.74, 6) is 3.85. The maximum absolute atomic E-state index is 12.8. The van der Waals surface area contributed by atoms with Crippen molar-refractivity contribution in [2.45, 2.75) is 52.4 Å². The number of aryl methyl sites for hydroxylation is 2. The second-order valence-electron chi connectivity index (χ2n) is 8.27. The van der Waals surface area contributed by atoms with Gasteiger partial charge in [-0.25, -0.2) is 0 Å². The normalized spacial score (nSPS) is 34.8. The van der Waals surface area contributed by atoms with Crippen LogP contribution in [-0.4, -0.2) is 22.2 Å². The van der Waals surface area contributed by atoms with Crippen LogP contribution in [0.5, 0.6) is 0 Å². The predicted octanol–water partition coefficient (Wildman–Crippen LogP) is 2.77. The van der Waals surface area contributed by atoms with Gasteiger partial charge in [-0.05, 0) is 81.6 Å². The highest BCUT2D eigenvalue weighted by molar-refractivity contribution is 5.79. The Hall–Kier alpha value is -1.32. The lowest BCUT2D eigenvalue weighted by atomic mass is 9.51. The van der Waals surface area contributed by atoms with E-state index in [1.165, 1.54) is 43.4 Å². The molecular weight excluding hydrogens is 286 g/mol. The Morgan fingerprint density at radius 3 is 2.26 bits per heavy atom. The average molecular weight is 315 g/mol. The standard InChI is InChI=1S/C19H29N3O/c1-11-17(12(2)22(3)21-11)4-5-20-19(23)18-15-7-13-6-14(9-15)10-16(18)8-13/h13-16,18H,4-10H2,1-3H3,(H,20,23). The first-order chi connectivity index (χ1) is 11.0. The zero-order chi connectivity index (χ0) is 16.1. The Labute approximate surface area is 139 Å². The molecule has 4 aliphatic carbocycles. The molecule has 0 saturated heterocycles. The summed E-state index contributed by atoms with van der Waals surface area (Å²) in [5.41, 5.74) is 3.60. The van der Waals surface area contributed by atoms with E-state index in [-0.39, 0.29) is 0 Å². The third-order valence-electron chi connectivity index (χ3n) is 6.86. The number of hydrogen-bond donors (Lipinski definition) is 1. The summed E-state index contributed by atoms with van der Waals surface area (Å²) in [6.07, 6.45) is 7.58. The Kier molecular flexibility index (Phi) is 3.73. The van der Waals surface area contributed by atoms with Gasteiger partial charge in [0.2, 0.25) is 5.91 Å². The molecule has 4 saturated carbocycles. The van der Waals surface area contributed by atoms with Crippen LogP contribution in [0.15, 0.2) is 0 Å². The Morgan fingerprint density at radius 1 is 1.13 bits per heavy atom. The van der Waals surface area contributed by atoms with Gasteiger partial charge in [-0.1, -0.05) is 0 Å². The molecule has 126 valence electrons. The number of rotatable bonds is 4. The topological polar surface area (TPSA) is 46.9 Å². The molecule has 1 aromatic heterocycles. The van der Waals surface area contributed by atoms with Crippen molar-refractivity contribution in [1.29, 1.82) is 0 Å². The van der Waals surface area contributed by atoms with Gasteiger partial charge in [-0.15, -0.1) is 0 Å². The van der Waals surface area contributed by atoms with Crippen LogP contribution in [0.2, 0.25) is 0 Å². The lowest BCUT2D eigenvalue weighted by molar-refractivity contribution is -0.138. The van der Waals surface area contributed by atoms with Gasteiger partial charge in [0.05, 0.1) is 5.69 Å². The zero-order valence-corrected chi connectivity index (χ0v) is 14.6. The highest BCUT2D eigenvalue weighted by Gasteiger charge is 2.50. The molecule has 0 aliphatic heterocycles. The molecule has 0 spiro atoms. The second kappa shape index (κ2) is 5.64. The molecule has 23 heavy (non-hydrogen) atoms. The van der Waals surface area contributed by atoms with E-state index >= 15 is 0 Å². The van der Waals surface area contributed by atoms with Crippen LogP contribution in [0.3, 0.4) is 0 Å². The third-order valence-corrected chi connectivity index (χ3v) is 6.86. The molecule has 5 rings (SSSR count). The molecule has 4 fully saturated rings. The van der Waals surface area contributed by atoms with Gasteiger partial charge < -0.3 is 5.32 Å². The lowest BCUT2D eigenvalue weighted by Gasteiger charge is -2.53. The van der Waals surface area contributed by atoms with Crippen LogP contribution in [0.1, 0.15) is 49.1 Å². The van der Waals surface area contributed by atoms with Crippen molar-refractivity contribution < 1.29 is 4.79 Å². The van der Waals surface area contributed by atoms with E-state index in [1.54, 1.807) is 0 Å². The van der Waals surface area contributed by atoms with Crippen LogP contribution < -0.4 is 5.32 Å². The second-order valence-corrected chi connectivity index (χ2v) is 8.27. The SMILES string of the molecule is Cc1nn(C)c(C)c1CCNC(=O)C1C2CC3CC(C2)CC1C3. The maximum atomic E-state index is 12.8. The van der Waals surface area contributed by atoms with Gasteiger partial charge in [-0.2, -0.15) is 5.10 Å². The van der Waals surface area contributed by atoms with E-state index in [0.29, 0.717) is 23.7 Å². The van der Waals surface area contributed by atoms with Crippen molar-refractivity contribution in [2.75, 3.05) is 6.54 Å². The first-order valence-corrected chi connectivity index (χ1v) is 9.29. The van der Waals surface area contributed by atoms with Crippen molar-refractivity contribution in [2.24, 2.45) is 36.6 Å². The number of carbonyl (C=O) groups excluding carboxylic acids is 1. The van der Waals surface area contributed by atoms with Gasteiger partial charge in [0.1, 0.15) is 0 Å². The molecule has 4 aliphatic rings. The van der Waals surface area contributed by atoms with Gasteiger partial charge in [0.15, 0.2) is 0 Å². The van der Waals surface area contributed by atoms with Crippen LogP contribution in [0.25, 0.3) is 0 Å². The molecule has 1 heterocycles. The van der Waals surface area contributed by atoms with Crippen molar-refractivity contribution in [3.8, 4) is 0 Å². The van der Waals surface area contributed by atoms with E-state index in [9.17, 15) is 4.79 Å². The third kappa shape index (κ3) is 2.60. The minimum Gasteiger partial charge on any atom is -0.356 e. The van der Waals surface area contributed by atoms with E-state index in [1.807, 2.05) is 11.7 Å². The van der Waals surface area contributed by atoms with E-state index in [2.05, 4.69) is 24.3 Å². The molecule has 1 amide bonds. The zero-order valence-electron chi connectivity index (χ0n) is 14.6. The number of hydrogen-bond acceptors (Lipinski definition) is 2. The summed E-state index contributed by atoms with van der Waals surface area (Å²) in [7, 11) is 1.99. The predicted molar refractivity (Wildman–Crippen MR) is 89.9 cm³/mol. The van der Waals surface area contributed by atoms with E-state index < -0.39 is 0 Å². The minimum atomic E-state index is 0.305. The average Bonchev–Trinajstić information content (AvgIpc) is 2.72. The summed E-state index contributed by atoms with van der Waals surface area (Å²) in [6, 6.07) is 0. The number of aromatic nitrogens is 2. The van der Waals surface area contributed by atoms with Crippen molar-refractivity contribution in [3.05, 3.63) is 17.0 Å². The first kappa shape index (κ1) is 15.2. The van der Waals surface area contributed by atoms with Gasteiger partial charge in [-0.3, -0.25) is 9.48 Å². The highest BCUT2D eigenvalue weighted by atomic mass is 16.1. The minimum absolute atomic E-state index is 0.305. The molecule has 4 nitrogen and oxygen atoms in total. The fraction of sp³-hybridized carbons (Fsp3) is 0.789. The summed E-state index contributed by atoms with van der Waals surface area (Å²) < 4.78 is 1.93. The summed E-state index contributed by atoms with van der Waals surface area (Å²) in [6.45, 7) is 4.91. The Bertz CT molecular complexity index is 590. The lowest BCUT2D eigenvalue weighted by Crippen LogP contribution is -2.51. The summed E-state index contributed by atoms with van der Waals surface area (Å²) in [4.78, 5) is 12.8. The van der Waals surface area contributed by atoms with Crippen molar-refractivity contribution in [3.63, 3.8) is 0 Å². The fourth-order valence-corrected chi connectivity index (χ4v) is 5.96. The molecule has 0 unspecified atom stereocenters. The smallest absolute Gasteiger partial charge is 0.223 e. The van der Waals surface area contributed by atoms with Gasteiger partial charge in [0, 0.05) is 25.2 Å². The quantitative estimate of drug-likeness (QED) is 0.929. The molecule has 4 heteroatoms. The Balaban J connectivity index is 1.35. The highest BCUT2D eigenvalue weighted by Crippen LogP contribution is 2.56. The summed E-state index contributed by atoms with van der Waals surface area (Å²) >= 11 is 0. The van der Waals surface area contributed by atoms with Crippen LogP contribution in [0.4, 0.5) is 0 Å². The number of nitrogens with zero attached hydrogens (tertiary/aromatic N) is 2. The fourth-order valence-electron chi connectivity index (χ4n) is 5.96. The summed E-state index contributed by atoms with van der Waals surface area (Å²) in [5, 5.41) is 7.71. The largest absolute Gasteiger partial charge is 0.356 e. The van der Waals surface area contributed by atoms with Crippen LogP contribution >= 0.6 is 0 Å². The molecule has 1 N–H and O–H groups in total. The molecule has 4 bridgehead atoms. The number of nitrogens with one attached hydrogen (secondary N) is 1. The van der Waals surface area contributed by atoms with Gasteiger partial charge >= 0.3 is 0 Å². The van der Waals surface area contributed by atoms with E-state index in [4.69, 9.17) is 0 Å². The van der Waals surface area contributed by atoms with Crippen molar-refractivity contribution >= 4 is 5.91 Å². The monoisotopic (exact) mass is 315 g/mol. The van der Waals surface area contributed by atoms with Gasteiger partial charge in [0.25, 0.3) is 0 Å². The number of amides is 1. The van der Waals surface area contributed by atoms with Crippen molar-refractivity contribution in [1.82, 2.24) is 15.1 Å². The van der Waals surface area contributed by atoms with E-state index in [0.717, 1.165) is 30.5 Å². The maximum Gasteiger partial charge on any atom is 0.223 e. The molecule has 1 aromatic rings. The molecular formula is C19H29N3O.